The molecule has 1 saturated heterocycles. The predicted octanol–water partition coefficient (Wildman–Crippen LogP) is 1.31. The highest BCUT2D eigenvalue weighted by Gasteiger charge is 2.28. The molecule has 1 rings (SSSR count). The Balaban J connectivity index is 2.20. The molecule has 2 N–H and O–H groups in total. The maximum absolute atomic E-state index is 5.39. The van der Waals surface area contributed by atoms with Crippen molar-refractivity contribution >= 4 is 29.1 Å². The van der Waals surface area contributed by atoms with Gasteiger partial charge in [-0.1, -0.05) is 0 Å². The molecule has 0 radical (unpaired) electrons. The van der Waals surface area contributed by atoms with Gasteiger partial charge < -0.3 is 15.4 Å². The summed E-state index contributed by atoms with van der Waals surface area (Å²) in [6.07, 6.45) is 3.28. The first-order valence-electron chi connectivity index (χ1n) is 6.90. The van der Waals surface area contributed by atoms with E-state index in [2.05, 4.69) is 35.6 Å². The lowest BCUT2D eigenvalue weighted by Crippen LogP contribution is -2.56. The lowest BCUT2D eigenvalue weighted by Gasteiger charge is -2.41. The summed E-state index contributed by atoms with van der Waals surface area (Å²) in [7, 11) is 0. The fourth-order valence-corrected chi connectivity index (χ4v) is 2.67. The van der Waals surface area contributed by atoms with Gasteiger partial charge in [-0.3, -0.25) is 4.90 Å². The van der Waals surface area contributed by atoms with Crippen LogP contribution in [0.5, 0.6) is 0 Å². The molecule has 1 aliphatic rings. The number of hydrogen-bond acceptors (Lipinski definition) is 4. The molecule has 1 heterocycles. The van der Waals surface area contributed by atoms with Gasteiger partial charge in [-0.05, 0) is 44.5 Å². The van der Waals surface area contributed by atoms with E-state index in [1.54, 1.807) is 0 Å². The van der Waals surface area contributed by atoms with E-state index in [9.17, 15) is 0 Å². The molecule has 0 aromatic carbocycles. The summed E-state index contributed by atoms with van der Waals surface area (Å²) in [5.41, 5.74) is 0.106. The topological polar surface area (TPSA) is 36.5 Å². The SMILES string of the molecule is CSCCCNC(=S)NCC(C)(C)N1CCOCC1. The van der Waals surface area contributed by atoms with Gasteiger partial charge in [-0.25, -0.2) is 0 Å². The number of hydrogen-bond donors (Lipinski definition) is 2. The molecular formula is C13H27N3OS2. The Morgan fingerprint density at radius 3 is 2.63 bits per heavy atom. The van der Waals surface area contributed by atoms with E-state index in [0.717, 1.165) is 50.9 Å². The monoisotopic (exact) mass is 305 g/mol. The van der Waals surface area contributed by atoms with Gasteiger partial charge in [0.15, 0.2) is 5.11 Å². The molecule has 19 heavy (non-hydrogen) atoms. The number of nitrogens with one attached hydrogen (secondary N) is 2. The summed E-state index contributed by atoms with van der Waals surface area (Å²) < 4.78 is 5.39. The van der Waals surface area contributed by atoms with Crippen molar-refractivity contribution in [2.24, 2.45) is 0 Å². The highest BCUT2D eigenvalue weighted by atomic mass is 32.2. The summed E-state index contributed by atoms with van der Waals surface area (Å²) in [5.74, 6) is 1.18. The zero-order valence-electron chi connectivity index (χ0n) is 12.3. The molecule has 0 aromatic heterocycles. The van der Waals surface area contributed by atoms with Gasteiger partial charge >= 0.3 is 0 Å². The maximum atomic E-state index is 5.39. The first-order chi connectivity index (χ1) is 9.06. The van der Waals surface area contributed by atoms with Crippen LogP contribution in [0.2, 0.25) is 0 Å². The minimum Gasteiger partial charge on any atom is -0.379 e. The van der Waals surface area contributed by atoms with E-state index >= 15 is 0 Å². The van der Waals surface area contributed by atoms with Crippen LogP contribution < -0.4 is 10.6 Å². The third kappa shape index (κ3) is 6.79. The molecule has 112 valence electrons. The summed E-state index contributed by atoms with van der Waals surface area (Å²) in [6, 6.07) is 0. The van der Waals surface area contributed by atoms with Crippen molar-refractivity contribution in [3.8, 4) is 0 Å². The Hall–Kier alpha value is -0.0400. The summed E-state index contributed by atoms with van der Waals surface area (Å²) in [5, 5.41) is 7.35. The minimum atomic E-state index is 0.106. The molecule has 0 amide bonds. The number of ether oxygens (including phenoxy) is 1. The Morgan fingerprint density at radius 1 is 1.32 bits per heavy atom. The molecule has 0 aromatic rings. The summed E-state index contributed by atoms with van der Waals surface area (Å²) >= 11 is 7.17. The van der Waals surface area contributed by atoms with Crippen LogP contribution in [-0.4, -0.2) is 67.0 Å². The lowest BCUT2D eigenvalue weighted by atomic mass is 10.0. The molecular weight excluding hydrogens is 278 g/mol. The van der Waals surface area contributed by atoms with E-state index < -0.39 is 0 Å². The van der Waals surface area contributed by atoms with E-state index in [4.69, 9.17) is 17.0 Å². The molecule has 1 aliphatic heterocycles. The van der Waals surface area contributed by atoms with Crippen LogP contribution >= 0.6 is 24.0 Å². The fraction of sp³-hybridized carbons (Fsp3) is 0.923. The number of thioether (sulfide) groups is 1. The van der Waals surface area contributed by atoms with E-state index in [1.165, 1.54) is 5.75 Å². The molecule has 4 nitrogen and oxygen atoms in total. The van der Waals surface area contributed by atoms with Crippen molar-refractivity contribution in [3.63, 3.8) is 0 Å². The largest absolute Gasteiger partial charge is 0.379 e. The summed E-state index contributed by atoms with van der Waals surface area (Å²) in [6.45, 7) is 9.99. The predicted molar refractivity (Wildman–Crippen MR) is 88.1 cm³/mol. The quantitative estimate of drug-likeness (QED) is 0.546. The van der Waals surface area contributed by atoms with Gasteiger partial charge in [0.05, 0.1) is 13.2 Å². The molecule has 0 bridgehead atoms. The van der Waals surface area contributed by atoms with Crippen molar-refractivity contribution < 1.29 is 4.74 Å². The van der Waals surface area contributed by atoms with Crippen LogP contribution in [0.3, 0.4) is 0 Å². The van der Waals surface area contributed by atoms with Crippen LogP contribution in [0.4, 0.5) is 0 Å². The third-order valence-corrected chi connectivity index (χ3v) is 4.35. The van der Waals surface area contributed by atoms with Gasteiger partial charge in [-0.15, -0.1) is 0 Å². The zero-order chi connectivity index (χ0) is 14.1. The lowest BCUT2D eigenvalue weighted by molar-refractivity contribution is -0.00829. The first-order valence-corrected chi connectivity index (χ1v) is 8.70. The molecule has 0 spiro atoms. The molecule has 0 atom stereocenters. The van der Waals surface area contributed by atoms with Crippen LogP contribution in [0.1, 0.15) is 20.3 Å². The van der Waals surface area contributed by atoms with Crippen molar-refractivity contribution in [1.29, 1.82) is 0 Å². The zero-order valence-corrected chi connectivity index (χ0v) is 14.0. The second kappa shape index (κ2) is 9.00. The van der Waals surface area contributed by atoms with Crippen molar-refractivity contribution in [1.82, 2.24) is 15.5 Å². The second-order valence-corrected chi connectivity index (χ2v) is 6.76. The highest BCUT2D eigenvalue weighted by Crippen LogP contribution is 2.14. The van der Waals surface area contributed by atoms with Gasteiger partial charge in [0.25, 0.3) is 0 Å². The van der Waals surface area contributed by atoms with Crippen molar-refractivity contribution in [2.45, 2.75) is 25.8 Å². The van der Waals surface area contributed by atoms with E-state index in [-0.39, 0.29) is 5.54 Å². The van der Waals surface area contributed by atoms with Gasteiger partial charge in [0, 0.05) is 31.7 Å². The first kappa shape index (κ1) is 17.0. The van der Waals surface area contributed by atoms with E-state index in [1.807, 2.05) is 11.8 Å². The van der Waals surface area contributed by atoms with Crippen molar-refractivity contribution in [3.05, 3.63) is 0 Å². The molecule has 1 fully saturated rings. The standard InChI is InChI=1S/C13H27N3OS2/c1-13(2,16-6-8-17-9-7-16)11-15-12(18)14-5-4-10-19-3/h4-11H2,1-3H3,(H2,14,15,18). The summed E-state index contributed by atoms with van der Waals surface area (Å²) in [4.78, 5) is 2.46. The normalized spacial score (nSPS) is 17.2. The average Bonchev–Trinajstić information content (AvgIpc) is 2.42. The number of morpholine rings is 1. The number of nitrogens with zero attached hydrogens (tertiary/aromatic N) is 1. The van der Waals surface area contributed by atoms with Gasteiger partial charge in [0.1, 0.15) is 0 Å². The Bertz CT molecular complexity index is 269. The number of rotatable bonds is 7. The Labute approximate surface area is 127 Å². The molecule has 0 saturated carbocycles. The molecule has 0 unspecified atom stereocenters. The smallest absolute Gasteiger partial charge is 0.166 e. The third-order valence-electron chi connectivity index (χ3n) is 3.36. The molecule has 6 heteroatoms. The van der Waals surface area contributed by atoms with Crippen LogP contribution in [-0.2, 0) is 4.74 Å². The second-order valence-electron chi connectivity index (χ2n) is 5.37. The average molecular weight is 306 g/mol. The van der Waals surface area contributed by atoms with Crippen LogP contribution in [0.25, 0.3) is 0 Å². The highest BCUT2D eigenvalue weighted by molar-refractivity contribution is 7.98. The maximum Gasteiger partial charge on any atom is 0.166 e. The van der Waals surface area contributed by atoms with Gasteiger partial charge in [0.2, 0.25) is 0 Å². The van der Waals surface area contributed by atoms with E-state index in [0.29, 0.717) is 0 Å². The minimum absolute atomic E-state index is 0.106. The van der Waals surface area contributed by atoms with Crippen LogP contribution in [0, 0.1) is 0 Å². The molecule has 0 aliphatic carbocycles. The van der Waals surface area contributed by atoms with Crippen LogP contribution in [0.15, 0.2) is 0 Å². The van der Waals surface area contributed by atoms with Crippen molar-refractivity contribution in [2.75, 3.05) is 51.4 Å². The fourth-order valence-electron chi connectivity index (χ4n) is 2.06. The Morgan fingerprint density at radius 2 is 2.00 bits per heavy atom. The Kier molecular flexibility index (Phi) is 8.06. The van der Waals surface area contributed by atoms with Gasteiger partial charge in [-0.2, -0.15) is 11.8 Å². The number of thiocarbonyl (C=S) groups is 1.